The number of benzene rings is 1. The van der Waals surface area contributed by atoms with Crippen LogP contribution in [-0.2, 0) is 0 Å². The van der Waals surface area contributed by atoms with E-state index in [2.05, 4.69) is 11.9 Å². The molecule has 1 heterocycles. The highest BCUT2D eigenvalue weighted by Gasteiger charge is 1.99. The van der Waals surface area contributed by atoms with Crippen LogP contribution in [0.2, 0.25) is 0 Å². The van der Waals surface area contributed by atoms with Crippen molar-refractivity contribution in [1.82, 2.24) is 4.98 Å². The number of nitrogens with zero attached hydrogens (tertiary/aromatic N) is 1. The Kier molecular flexibility index (Phi) is 3.25. The number of hydrogen-bond donors (Lipinski definition) is 1. The second kappa shape index (κ2) is 4.84. The Hall–Kier alpha value is -1.77. The third kappa shape index (κ3) is 2.42. The molecule has 0 atom stereocenters. The van der Waals surface area contributed by atoms with Crippen LogP contribution in [0.3, 0.4) is 0 Å². The number of aromatic nitrogens is 1. The number of hydrogen-bond acceptors (Lipinski definition) is 3. The van der Waals surface area contributed by atoms with Gasteiger partial charge in [-0.3, -0.25) is 4.98 Å². The van der Waals surface area contributed by atoms with E-state index in [0.29, 0.717) is 5.69 Å². The van der Waals surface area contributed by atoms with Gasteiger partial charge in [0, 0.05) is 11.5 Å². The normalized spacial score (nSPS) is 10.6. The van der Waals surface area contributed by atoms with Crippen LogP contribution in [0.15, 0.2) is 30.5 Å². The van der Waals surface area contributed by atoms with E-state index in [9.17, 15) is 0 Å². The van der Waals surface area contributed by atoms with Crippen LogP contribution in [0.5, 0.6) is 5.75 Å². The molecule has 0 saturated carbocycles. The SMILES string of the molecule is CCCCOc1ccc2cc(N)cnc2c1. The molecule has 0 aliphatic heterocycles. The topological polar surface area (TPSA) is 48.1 Å². The Balaban J connectivity index is 2.20. The molecular weight excluding hydrogens is 200 g/mol. The zero-order valence-corrected chi connectivity index (χ0v) is 9.44. The highest BCUT2D eigenvalue weighted by Crippen LogP contribution is 2.20. The Morgan fingerprint density at radius 1 is 1.31 bits per heavy atom. The first-order valence-corrected chi connectivity index (χ1v) is 5.57. The highest BCUT2D eigenvalue weighted by atomic mass is 16.5. The molecule has 2 N–H and O–H groups in total. The third-order valence-corrected chi connectivity index (χ3v) is 2.44. The summed E-state index contributed by atoms with van der Waals surface area (Å²) in [5, 5.41) is 1.04. The van der Waals surface area contributed by atoms with Gasteiger partial charge in [-0.2, -0.15) is 0 Å². The van der Waals surface area contributed by atoms with Crippen LogP contribution >= 0.6 is 0 Å². The molecule has 0 bridgehead atoms. The molecule has 0 spiro atoms. The van der Waals surface area contributed by atoms with Gasteiger partial charge in [-0.15, -0.1) is 0 Å². The first-order chi connectivity index (χ1) is 7.79. The molecule has 0 aliphatic carbocycles. The molecule has 2 rings (SSSR count). The van der Waals surface area contributed by atoms with Crippen molar-refractivity contribution in [2.45, 2.75) is 19.8 Å². The van der Waals surface area contributed by atoms with E-state index in [4.69, 9.17) is 10.5 Å². The average molecular weight is 216 g/mol. The maximum absolute atomic E-state index is 5.67. The van der Waals surface area contributed by atoms with Gasteiger partial charge in [-0.05, 0) is 24.6 Å². The number of unbranched alkanes of at least 4 members (excludes halogenated alkanes) is 1. The number of anilines is 1. The minimum atomic E-state index is 0.687. The van der Waals surface area contributed by atoms with Crippen molar-refractivity contribution < 1.29 is 4.74 Å². The number of pyridine rings is 1. The monoisotopic (exact) mass is 216 g/mol. The van der Waals surface area contributed by atoms with Crippen LogP contribution in [0.25, 0.3) is 10.9 Å². The molecule has 3 heteroatoms. The lowest BCUT2D eigenvalue weighted by Crippen LogP contribution is -1.96. The number of nitrogen functional groups attached to an aromatic ring is 1. The van der Waals surface area contributed by atoms with Gasteiger partial charge in [0.1, 0.15) is 5.75 Å². The fraction of sp³-hybridized carbons (Fsp3) is 0.308. The summed E-state index contributed by atoms with van der Waals surface area (Å²) in [4.78, 5) is 4.26. The first kappa shape index (κ1) is 10.7. The summed E-state index contributed by atoms with van der Waals surface area (Å²) in [6.07, 6.45) is 3.88. The van der Waals surface area contributed by atoms with E-state index in [1.807, 2.05) is 24.3 Å². The zero-order chi connectivity index (χ0) is 11.4. The molecule has 0 saturated heterocycles. The van der Waals surface area contributed by atoms with Crippen molar-refractivity contribution in [2.75, 3.05) is 12.3 Å². The van der Waals surface area contributed by atoms with Crippen LogP contribution in [-0.4, -0.2) is 11.6 Å². The summed E-state index contributed by atoms with van der Waals surface area (Å²) >= 11 is 0. The van der Waals surface area contributed by atoms with Crippen LogP contribution < -0.4 is 10.5 Å². The van der Waals surface area contributed by atoms with E-state index in [0.717, 1.165) is 36.1 Å². The quantitative estimate of drug-likeness (QED) is 0.799. The number of ether oxygens (including phenoxy) is 1. The molecule has 0 radical (unpaired) electrons. The molecule has 84 valence electrons. The van der Waals surface area contributed by atoms with E-state index >= 15 is 0 Å². The molecule has 0 aliphatic rings. The van der Waals surface area contributed by atoms with Gasteiger partial charge < -0.3 is 10.5 Å². The van der Waals surface area contributed by atoms with Crippen molar-refractivity contribution in [2.24, 2.45) is 0 Å². The fourth-order valence-corrected chi connectivity index (χ4v) is 1.54. The summed E-state index contributed by atoms with van der Waals surface area (Å²) in [5.41, 5.74) is 7.27. The predicted octanol–water partition coefficient (Wildman–Crippen LogP) is 3.00. The number of nitrogens with two attached hydrogens (primary N) is 1. The first-order valence-electron chi connectivity index (χ1n) is 5.57. The number of fused-ring (bicyclic) bond motifs is 1. The van der Waals surface area contributed by atoms with Crippen LogP contribution in [0.1, 0.15) is 19.8 Å². The molecular formula is C13H16N2O. The van der Waals surface area contributed by atoms with E-state index in [1.54, 1.807) is 6.20 Å². The lowest BCUT2D eigenvalue weighted by molar-refractivity contribution is 0.310. The van der Waals surface area contributed by atoms with Crippen molar-refractivity contribution >= 4 is 16.6 Å². The predicted molar refractivity (Wildman–Crippen MR) is 66.6 cm³/mol. The van der Waals surface area contributed by atoms with Crippen molar-refractivity contribution in [3.63, 3.8) is 0 Å². The van der Waals surface area contributed by atoms with Gasteiger partial charge in [0.25, 0.3) is 0 Å². The van der Waals surface area contributed by atoms with Gasteiger partial charge in [0.05, 0.1) is 24.0 Å². The van der Waals surface area contributed by atoms with Gasteiger partial charge >= 0.3 is 0 Å². The Morgan fingerprint density at radius 2 is 2.19 bits per heavy atom. The smallest absolute Gasteiger partial charge is 0.121 e. The lowest BCUT2D eigenvalue weighted by atomic mass is 10.2. The minimum absolute atomic E-state index is 0.687. The van der Waals surface area contributed by atoms with Crippen molar-refractivity contribution in [3.05, 3.63) is 30.5 Å². The van der Waals surface area contributed by atoms with Crippen molar-refractivity contribution in [3.8, 4) is 5.75 Å². The minimum Gasteiger partial charge on any atom is -0.494 e. The molecule has 0 unspecified atom stereocenters. The molecule has 1 aromatic heterocycles. The maximum atomic E-state index is 5.67. The van der Waals surface area contributed by atoms with Gasteiger partial charge in [0.15, 0.2) is 0 Å². The van der Waals surface area contributed by atoms with Crippen LogP contribution in [0, 0.1) is 0 Å². The highest BCUT2D eigenvalue weighted by molar-refractivity contribution is 5.82. The van der Waals surface area contributed by atoms with Gasteiger partial charge in [-0.1, -0.05) is 13.3 Å². The van der Waals surface area contributed by atoms with Crippen molar-refractivity contribution in [1.29, 1.82) is 0 Å². The molecule has 0 amide bonds. The number of rotatable bonds is 4. The van der Waals surface area contributed by atoms with Gasteiger partial charge in [-0.25, -0.2) is 0 Å². The summed E-state index contributed by atoms with van der Waals surface area (Å²) < 4.78 is 5.61. The Bertz CT molecular complexity index is 482. The van der Waals surface area contributed by atoms with Gasteiger partial charge in [0.2, 0.25) is 0 Å². The second-order valence-electron chi connectivity index (χ2n) is 3.83. The van der Waals surface area contributed by atoms with E-state index in [1.165, 1.54) is 0 Å². The molecule has 0 fully saturated rings. The Labute approximate surface area is 95.2 Å². The standard InChI is InChI=1S/C13H16N2O/c1-2-3-6-16-12-5-4-10-7-11(14)9-15-13(10)8-12/h4-5,7-9H,2-3,6,14H2,1H3. The summed E-state index contributed by atoms with van der Waals surface area (Å²) in [5.74, 6) is 0.873. The zero-order valence-electron chi connectivity index (χ0n) is 9.44. The Morgan fingerprint density at radius 3 is 3.00 bits per heavy atom. The lowest BCUT2D eigenvalue weighted by Gasteiger charge is -2.06. The van der Waals surface area contributed by atoms with E-state index in [-0.39, 0.29) is 0 Å². The van der Waals surface area contributed by atoms with E-state index < -0.39 is 0 Å². The summed E-state index contributed by atoms with van der Waals surface area (Å²) in [7, 11) is 0. The molecule has 16 heavy (non-hydrogen) atoms. The molecule has 2 aromatic rings. The fourth-order valence-electron chi connectivity index (χ4n) is 1.54. The largest absolute Gasteiger partial charge is 0.494 e. The second-order valence-corrected chi connectivity index (χ2v) is 3.83. The summed E-state index contributed by atoms with van der Waals surface area (Å²) in [6.45, 7) is 2.91. The molecule has 3 nitrogen and oxygen atoms in total. The third-order valence-electron chi connectivity index (χ3n) is 2.44. The summed E-state index contributed by atoms with van der Waals surface area (Å²) in [6, 6.07) is 7.81. The molecule has 1 aromatic carbocycles. The van der Waals surface area contributed by atoms with Crippen LogP contribution in [0.4, 0.5) is 5.69 Å². The average Bonchev–Trinajstić information content (AvgIpc) is 2.29. The maximum Gasteiger partial charge on any atom is 0.121 e.